The molecule has 68 valence electrons. The fourth-order valence-electron chi connectivity index (χ4n) is 0.557. The lowest BCUT2D eigenvalue weighted by Crippen LogP contribution is -2.34. The fraction of sp³-hybridized carbons (Fsp3) is 0.571. The molecule has 12 heavy (non-hydrogen) atoms. The van der Waals surface area contributed by atoms with E-state index in [1.807, 2.05) is 0 Å². The molecule has 0 heterocycles. The van der Waals surface area contributed by atoms with Gasteiger partial charge in [-0.2, -0.15) is 0 Å². The molecule has 0 fully saturated rings. The van der Waals surface area contributed by atoms with E-state index in [2.05, 4.69) is 9.99 Å². The van der Waals surface area contributed by atoms with Crippen molar-refractivity contribution in [2.75, 3.05) is 21.2 Å². The third-order valence-electron chi connectivity index (χ3n) is 1.12. The summed E-state index contributed by atoms with van der Waals surface area (Å²) in [5.41, 5.74) is -0.192. The van der Waals surface area contributed by atoms with Crippen LogP contribution in [0.4, 0.5) is 0 Å². The summed E-state index contributed by atoms with van der Waals surface area (Å²) in [5.74, 6) is -0.861. The molecule has 0 aliphatic rings. The molecule has 0 aromatic heterocycles. The van der Waals surface area contributed by atoms with E-state index in [4.69, 9.17) is 0 Å². The molecule has 0 aliphatic carbocycles. The quantitative estimate of drug-likeness (QED) is 0.332. The van der Waals surface area contributed by atoms with Crippen molar-refractivity contribution in [1.29, 1.82) is 0 Å². The molecule has 5 heteroatoms. The average Bonchev–Trinajstić information content (AvgIpc) is 1.98. The summed E-state index contributed by atoms with van der Waals surface area (Å²) >= 11 is 0. The Labute approximate surface area is 71.0 Å². The van der Waals surface area contributed by atoms with E-state index in [0.29, 0.717) is 0 Å². The lowest BCUT2D eigenvalue weighted by atomic mass is 10.2. The summed E-state index contributed by atoms with van der Waals surface area (Å²) in [5, 5.41) is 3.32. The number of oxime groups is 1. The van der Waals surface area contributed by atoms with Gasteiger partial charge < -0.3 is 9.74 Å². The zero-order valence-electron chi connectivity index (χ0n) is 7.62. The van der Waals surface area contributed by atoms with Crippen molar-refractivity contribution < 1.29 is 14.4 Å². The molecular weight excluding hydrogens is 160 g/mol. The Bertz CT molecular complexity index is 221. The first-order chi connectivity index (χ1) is 5.50. The molecule has 0 radical (unpaired) electrons. The first-order valence-corrected chi connectivity index (χ1v) is 3.34. The third-order valence-corrected chi connectivity index (χ3v) is 1.12. The van der Waals surface area contributed by atoms with Crippen LogP contribution >= 0.6 is 0 Å². The molecule has 0 bridgehead atoms. The van der Waals surface area contributed by atoms with Crippen LogP contribution in [-0.4, -0.2) is 43.5 Å². The van der Waals surface area contributed by atoms with E-state index < -0.39 is 11.7 Å². The maximum absolute atomic E-state index is 11.2. The van der Waals surface area contributed by atoms with Gasteiger partial charge >= 0.3 is 0 Å². The minimum absolute atomic E-state index is 0.192. The van der Waals surface area contributed by atoms with Gasteiger partial charge in [0.25, 0.3) is 5.91 Å². The van der Waals surface area contributed by atoms with Gasteiger partial charge in [-0.25, -0.2) is 0 Å². The first-order valence-electron chi connectivity index (χ1n) is 3.34. The molecule has 0 aliphatic heterocycles. The molecule has 0 saturated carbocycles. The van der Waals surface area contributed by atoms with Gasteiger partial charge in [0.1, 0.15) is 7.11 Å². The lowest BCUT2D eigenvalue weighted by molar-refractivity contribution is -0.123. The van der Waals surface area contributed by atoms with Crippen molar-refractivity contribution in [2.24, 2.45) is 5.16 Å². The standard InChI is InChI=1S/C7H12N2O3/c1-5(10)6(8-12-4)7(11)9(2)3/h1-4H3. The summed E-state index contributed by atoms with van der Waals surface area (Å²) < 4.78 is 0. The molecule has 0 rings (SSSR count). The molecule has 0 unspecified atom stereocenters. The van der Waals surface area contributed by atoms with Gasteiger partial charge in [-0.1, -0.05) is 5.16 Å². The number of nitrogens with zero attached hydrogens (tertiary/aromatic N) is 2. The van der Waals surface area contributed by atoms with Gasteiger partial charge in [-0.15, -0.1) is 0 Å². The van der Waals surface area contributed by atoms with Crippen molar-refractivity contribution >= 4 is 17.4 Å². The van der Waals surface area contributed by atoms with Crippen LogP contribution in [0.25, 0.3) is 0 Å². The van der Waals surface area contributed by atoms with Gasteiger partial charge in [0.15, 0.2) is 5.78 Å². The van der Waals surface area contributed by atoms with E-state index >= 15 is 0 Å². The fourth-order valence-corrected chi connectivity index (χ4v) is 0.557. The monoisotopic (exact) mass is 172 g/mol. The molecule has 0 atom stereocenters. The van der Waals surface area contributed by atoms with Gasteiger partial charge in [0.2, 0.25) is 5.71 Å². The number of hydrogen-bond acceptors (Lipinski definition) is 4. The summed E-state index contributed by atoms with van der Waals surface area (Å²) in [4.78, 5) is 27.6. The highest BCUT2D eigenvalue weighted by atomic mass is 16.6. The van der Waals surface area contributed by atoms with Crippen molar-refractivity contribution in [3.05, 3.63) is 0 Å². The van der Waals surface area contributed by atoms with E-state index in [9.17, 15) is 9.59 Å². The normalized spacial score (nSPS) is 10.8. The van der Waals surface area contributed by atoms with Crippen molar-refractivity contribution in [3.63, 3.8) is 0 Å². The van der Waals surface area contributed by atoms with E-state index in [1.165, 1.54) is 33.0 Å². The third kappa shape index (κ3) is 2.69. The summed E-state index contributed by atoms with van der Waals surface area (Å²) in [6.45, 7) is 1.26. The molecule has 0 spiro atoms. The molecule has 0 aromatic rings. The van der Waals surface area contributed by atoms with Crippen LogP contribution < -0.4 is 0 Å². The number of carbonyl (C=O) groups excluding carboxylic acids is 2. The molecule has 0 N–H and O–H groups in total. The summed E-state index contributed by atoms with van der Waals surface area (Å²) in [6.07, 6.45) is 0. The zero-order valence-corrected chi connectivity index (χ0v) is 7.62. The van der Waals surface area contributed by atoms with Gasteiger partial charge in [-0.3, -0.25) is 9.59 Å². The Kier molecular flexibility index (Phi) is 3.96. The Morgan fingerprint density at radius 1 is 1.33 bits per heavy atom. The Balaban J connectivity index is 4.65. The van der Waals surface area contributed by atoms with Crippen LogP contribution in [0, 0.1) is 0 Å². The minimum atomic E-state index is -0.454. The minimum Gasteiger partial charge on any atom is -0.398 e. The van der Waals surface area contributed by atoms with Crippen molar-refractivity contribution in [1.82, 2.24) is 4.90 Å². The lowest BCUT2D eigenvalue weighted by Gasteiger charge is -2.08. The van der Waals surface area contributed by atoms with Gasteiger partial charge in [0, 0.05) is 21.0 Å². The van der Waals surface area contributed by atoms with Crippen LogP contribution in [0.15, 0.2) is 5.16 Å². The number of carbonyl (C=O) groups is 2. The number of Topliss-reactive ketones (excluding diaryl/α,β-unsaturated/α-hetero) is 1. The van der Waals surface area contributed by atoms with Crippen LogP contribution in [0.1, 0.15) is 6.92 Å². The van der Waals surface area contributed by atoms with Crippen LogP contribution in [0.5, 0.6) is 0 Å². The largest absolute Gasteiger partial charge is 0.398 e. The second-order valence-electron chi connectivity index (χ2n) is 2.38. The highest BCUT2D eigenvalue weighted by Gasteiger charge is 2.18. The highest BCUT2D eigenvalue weighted by molar-refractivity contribution is 6.64. The maximum Gasteiger partial charge on any atom is 0.279 e. The molecule has 0 saturated heterocycles. The van der Waals surface area contributed by atoms with Gasteiger partial charge in [-0.05, 0) is 0 Å². The van der Waals surface area contributed by atoms with E-state index in [0.717, 1.165) is 0 Å². The van der Waals surface area contributed by atoms with E-state index in [1.54, 1.807) is 0 Å². The molecule has 1 amide bonds. The van der Waals surface area contributed by atoms with Gasteiger partial charge in [0.05, 0.1) is 0 Å². The predicted octanol–water partition coefficient (Wildman–Crippen LogP) is -0.334. The predicted molar refractivity (Wildman–Crippen MR) is 43.8 cm³/mol. The number of rotatable bonds is 3. The second kappa shape index (κ2) is 4.48. The number of ketones is 1. The van der Waals surface area contributed by atoms with Crippen molar-refractivity contribution in [2.45, 2.75) is 6.92 Å². The summed E-state index contributed by atoms with van der Waals surface area (Å²) in [7, 11) is 4.36. The summed E-state index contributed by atoms with van der Waals surface area (Å²) in [6, 6.07) is 0. The first kappa shape index (κ1) is 10.6. The van der Waals surface area contributed by atoms with E-state index in [-0.39, 0.29) is 5.71 Å². The van der Waals surface area contributed by atoms with Crippen LogP contribution in [0.3, 0.4) is 0 Å². The SMILES string of the molecule is CON=C(C(C)=O)C(=O)N(C)C. The number of hydrogen-bond donors (Lipinski definition) is 0. The molecule has 5 nitrogen and oxygen atoms in total. The zero-order chi connectivity index (χ0) is 9.72. The smallest absolute Gasteiger partial charge is 0.279 e. The van der Waals surface area contributed by atoms with Crippen LogP contribution in [-0.2, 0) is 14.4 Å². The maximum atomic E-state index is 11.2. The highest BCUT2D eigenvalue weighted by Crippen LogP contribution is 1.88. The number of amides is 1. The van der Waals surface area contributed by atoms with Crippen LogP contribution in [0.2, 0.25) is 0 Å². The van der Waals surface area contributed by atoms with Crippen molar-refractivity contribution in [3.8, 4) is 0 Å². The second-order valence-corrected chi connectivity index (χ2v) is 2.38. The Morgan fingerprint density at radius 3 is 2.08 bits per heavy atom. The molecule has 0 aromatic carbocycles. The Morgan fingerprint density at radius 2 is 1.83 bits per heavy atom. The topological polar surface area (TPSA) is 59.0 Å². The molecular formula is C7H12N2O3. The Hall–Kier alpha value is -1.39. The average molecular weight is 172 g/mol.